The van der Waals surface area contributed by atoms with Crippen LogP contribution in [-0.2, 0) is 16.9 Å². The van der Waals surface area contributed by atoms with Gasteiger partial charge in [-0.05, 0) is 28.8 Å². The van der Waals surface area contributed by atoms with Crippen LogP contribution < -0.4 is 0 Å². The highest BCUT2D eigenvalue weighted by molar-refractivity contribution is 9.10. The highest BCUT2D eigenvalue weighted by atomic mass is 79.9. The molecule has 0 saturated carbocycles. The van der Waals surface area contributed by atoms with E-state index < -0.39 is 9.84 Å². The van der Waals surface area contributed by atoms with E-state index in [1.165, 1.54) is 0 Å². The number of aromatic nitrogens is 2. The zero-order chi connectivity index (χ0) is 11.1. The second-order valence-corrected chi connectivity index (χ2v) is 6.95. The molecule has 0 N–H and O–H groups in total. The van der Waals surface area contributed by atoms with Crippen LogP contribution in [0.5, 0.6) is 0 Å². The first-order valence-electron chi connectivity index (χ1n) is 4.87. The summed E-state index contributed by atoms with van der Waals surface area (Å²) in [5.74, 6) is 0.943. The van der Waals surface area contributed by atoms with Crippen molar-refractivity contribution in [1.29, 1.82) is 0 Å². The third-order valence-electron chi connectivity index (χ3n) is 2.94. The zero-order valence-corrected chi connectivity index (χ0v) is 10.9. The first-order valence-corrected chi connectivity index (χ1v) is 7.48. The van der Waals surface area contributed by atoms with Crippen molar-refractivity contribution in [3.63, 3.8) is 0 Å². The van der Waals surface area contributed by atoms with Crippen LogP contribution in [0.15, 0.2) is 10.9 Å². The van der Waals surface area contributed by atoms with Gasteiger partial charge in [-0.15, -0.1) is 0 Å². The highest BCUT2D eigenvalue weighted by Crippen LogP contribution is 2.29. The van der Waals surface area contributed by atoms with Crippen LogP contribution in [0.25, 0.3) is 0 Å². The van der Waals surface area contributed by atoms with Crippen LogP contribution in [-0.4, -0.2) is 29.5 Å². The monoisotopic (exact) mass is 292 g/mol. The van der Waals surface area contributed by atoms with E-state index in [-0.39, 0.29) is 0 Å². The molecule has 1 aromatic heterocycles. The average Bonchev–Trinajstić information content (AvgIpc) is 2.49. The summed E-state index contributed by atoms with van der Waals surface area (Å²) in [6.07, 6.45) is 3.26. The number of hydrogen-bond donors (Lipinski definition) is 0. The van der Waals surface area contributed by atoms with Crippen molar-refractivity contribution in [2.75, 3.05) is 11.5 Å². The summed E-state index contributed by atoms with van der Waals surface area (Å²) in [6.45, 7) is 0. The van der Waals surface area contributed by atoms with Gasteiger partial charge in [0.25, 0.3) is 0 Å². The molecule has 0 radical (unpaired) electrons. The lowest BCUT2D eigenvalue weighted by Crippen LogP contribution is -2.23. The van der Waals surface area contributed by atoms with Crippen LogP contribution in [0.2, 0.25) is 0 Å². The summed E-state index contributed by atoms with van der Waals surface area (Å²) >= 11 is 3.34. The fourth-order valence-corrected chi connectivity index (χ4v) is 3.76. The van der Waals surface area contributed by atoms with Gasteiger partial charge < -0.3 is 4.57 Å². The molecular formula is C9H13BrN2O2S. The number of rotatable bonds is 1. The molecule has 0 atom stereocenters. The largest absolute Gasteiger partial charge is 0.326 e. The molecule has 15 heavy (non-hydrogen) atoms. The van der Waals surface area contributed by atoms with Crippen LogP contribution in [0.1, 0.15) is 24.5 Å². The van der Waals surface area contributed by atoms with E-state index in [0.29, 0.717) is 30.3 Å². The fraction of sp³-hybridized carbons (Fsp3) is 0.667. The normalized spacial score (nSPS) is 21.7. The van der Waals surface area contributed by atoms with Gasteiger partial charge in [0.15, 0.2) is 4.73 Å². The molecule has 0 aromatic carbocycles. The molecule has 0 amide bonds. The second kappa shape index (κ2) is 3.90. The Morgan fingerprint density at radius 2 is 2.07 bits per heavy atom. The molecule has 2 rings (SSSR count). The first kappa shape index (κ1) is 11.1. The van der Waals surface area contributed by atoms with E-state index in [4.69, 9.17) is 0 Å². The summed E-state index contributed by atoms with van der Waals surface area (Å²) < 4.78 is 25.3. The number of imidazole rings is 1. The Labute approximate surface area is 97.7 Å². The van der Waals surface area contributed by atoms with Gasteiger partial charge >= 0.3 is 0 Å². The summed E-state index contributed by atoms with van der Waals surface area (Å²) in [4.78, 5) is 4.16. The molecule has 4 nitrogen and oxygen atoms in total. The van der Waals surface area contributed by atoms with E-state index in [1.54, 1.807) is 0 Å². The number of halogens is 1. The third-order valence-corrected chi connectivity index (χ3v) is 5.39. The molecule has 84 valence electrons. The van der Waals surface area contributed by atoms with Crippen molar-refractivity contribution in [3.05, 3.63) is 16.6 Å². The highest BCUT2D eigenvalue weighted by Gasteiger charge is 2.26. The van der Waals surface area contributed by atoms with Crippen LogP contribution in [0, 0.1) is 0 Å². The molecule has 0 bridgehead atoms. The Bertz CT molecular complexity index is 452. The van der Waals surface area contributed by atoms with Crippen LogP contribution in [0.4, 0.5) is 0 Å². The maximum Gasteiger partial charge on any atom is 0.177 e. The number of sulfone groups is 1. The van der Waals surface area contributed by atoms with Crippen LogP contribution in [0.3, 0.4) is 0 Å². The summed E-state index contributed by atoms with van der Waals surface area (Å²) in [7, 11) is -0.831. The Kier molecular flexibility index (Phi) is 2.89. The van der Waals surface area contributed by atoms with Gasteiger partial charge in [0.2, 0.25) is 0 Å². The maximum atomic E-state index is 11.3. The Morgan fingerprint density at radius 3 is 2.53 bits per heavy atom. The quantitative estimate of drug-likeness (QED) is 0.788. The van der Waals surface area contributed by atoms with Gasteiger partial charge in [-0.25, -0.2) is 13.4 Å². The SMILES string of the molecule is Cn1c(C2CCS(=O)(=O)CC2)cnc1Br. The van der Waals surface area contributed by atoms with E-state index in [2.05, 4.69) is 20.9 Å². The van der Waals surface area contributed by atoms with Gasteiger partial charge in [0.1, 0.15) is 9.84 Å². The average molecular weight is 293 g/mol. The molecule has 2 heterocycles. The van der Waals surface area contributed by atoms with Crippen molar-refractivity contribution in [1.82, 2.24) is 9.55 Å². The Hall–Kier alpha value is -0.360. The number of nitrogens with zero attached hydrogens (tertiary/aromatic N) is 2. The minimum Gasteiger partial charge on any atom is -0.326 e. The topological polar surface area (TPSA) is 52.0 Å². The first-order chi connectivity index (χ1) is 6.99. The molecule has 1 aliphatic rings. The lowest BCUT2D eigenvalue weighted by molar-refractivity contribution is 0.535. The molecule has 0 aliphatic carbocycles. The van der Waals surface area contributed by atoms with Crippen molar-refractivity contribution in [2.45, 2.75) is 18.8 Å². The molecule has 0 spiro atoms. The van der Waals surface area contributed by atoms with Crippen molar-refractivity contribution < 1.29 is 8.42 Å². The third kappa shape index (κ3) is 2.25. The fourth-order valence-electron chi connectivity index (χ4n) is 1.96. The summed E-state index contributed by atoms with van der Waals surface area (Å²) in [5, 5.41) is 0. The van der Waals surface area contributed by atoms with Gasteiger partial charge in [-0.1, -0.05) is 0 Å². The smallest absolute Gasteiger partial charge is 0.177 e. The predicted octanol–water partition coefficient (Wildman–Crippen LogP) is 1.47. The molecule has 1 fully saturated rings. The lowest BCUT2D eigenvalue weighted by Gasteiger charge is -2.22. The molecular weight excluding hydrogens is 280 g/mol. The minimum absolute atomic E-state index is 0.306. The second-order valence-electron chi connectivity index (χ2n) is 3.94. The van der Waals surface area contributed by atoms with Gasteiger partial charge in [-0.2, -0.15) is 0 Å². The van der Waals surface area contributed by atoms with E-state index in [1.807, 2.05) is 17.8 Å². The molecule has 1 aromatic rings. The summed E-state index contributed by atoms with van der Waals surface area (Å²) in [5.41, 5.74) is 1.12. The lowest BCUT2D eigenvalue weighted by atomic mass is 9.99. The Morgan fingerprint density at radius 1 is 1.47 bits per heavy atom. The Balaban J connectivity index is 2.18. The van der Waals surface area contributed by atoms with Gasteiger partial charge in [0, 0.05) is 24.9 Å². The van der Waals surface area contributed by atoms with Crippen molar-refractivity contribution in [2.24, 2.45) is 7.05 Å². The molecule has 1 aliphatic heterocycles. The van der Waals surface area contributed by atoms with Crippen molar-refractivity contribution >= 4 is 25.8 Å². The molecule has 6 heteroatoms. The number of hydrogen-bond acceptors (Lipinski definition) is 3. The van der Waals surface area contributed by atoms with Gasteiger partial charge in [-0.3, -0.25) is 0 Å². The van der Waals surface area contributed by atoms with Gasteiger partial charge in [0.05, 0.1) is 11.5 Å². The molecule has 1 saturated heterocycles. The van der Waals surface area contributed by atoms with Crippen molar-refractivity contribution in [3.8, 4) is 0 Å². The summed E-state index contributed by atoms with van der Waals surface area (Å²) in [6, 6.07) is 0. The predicted molar refractivity (Wildman–Crippen MR) is 61.5 cm³/mol. The van der Waals surface area contributed by atoms with E-state index in [9.17, 15) is 8.42 Å². The maximum absolute atomic E-state index is 11.3. The van der Waals surface area contributed by atoms with E-state index >= 15 is 0 Å². The standard InChI is InChI=1S/C9H13BrN2O2S/c1-12-8(6-11-9(12)10)7-2-4-15(13,14)5-3-7/h6-7H,2-5H2,1H3. The van der Waals surface area contributed by atoms with Crippen LogP contribution >= 0.6 is 15.9 Å². The zero-order valence-electron chi connectivity index (χ0n) is 8.48. The minimum atomic E-state index is -2.77. The van der Waals surface area contributed by atoms with E-state index in [0.717, 1.165) is 10.4 Å². The molecule has 0 unspecified atom stereocenters.